The molecule has 1 aromatic carbocycles. The van der Waals surface area contributed by atoms with Gasteiger partial charge in [0.2, 0.25) is 0 Å². The molecule has 0 fully saturated rings. The van der Waals surface area contributed by atoms with E-state index in [9.17, 15) is 9.50 Å². The zero-order valence-electron chi connectivity index (χ0n) is 10.9. The molecule has 1 aromatic heterocycles. The Kier molecular flexibility index (Phi) is 3.85. The number of halogens is 2. The molecular formula is C16H15BrFNO. The van der Waals surface area contributed by atoms with Gasteiger partial charge in [0.05, 0.1) is 6.10 Å². The largest absolute Gasteiger partial charge is 0.388 e. The van der Waals surface area contributed by atoms with Crippen LogP contribution in [0.15, 0.2) is 41.0 Å². The van der Waals surface area contributed by atoms with E-state index < -0.39 is 6.10 Å². The van der Waals surface area contributed by atoms with Crippen molar-refractivity contribution >= 4 is 15.9 Å². The number of aliphatic hydroxyl groups is 1. The number of aromatic nitrogens is 1. The number of rotatable bonds is 2. The normalized spacial score (nSPS) is 19.4. The fourth-order valence-corrected chi connectivity index (χ4v) is 3.39. The number of hydrogen-bond donors (Lipinski definition) is 1. The summed E-state index contributed by atoms with van der Waals surface area (Å²) >= 11 is 3.39. The lowest BCUT2D eigenvalue weighted by Crippen LogP contribution is -2.19. The minimum atomic E-state index is -0.742. The number of nitrogens with zero attached hydrogens (tertiary/aromatic N) is 1. The topological polar surface area (TPSA) is 33.1 Å². The summed E-state index contributed by atoms with van der Waals surface area (Å²) in [5, 5.41) is 10.7. The molecule has 0 saturated heterocycles. The Morgan fingerprint density at radius 1 is 1.35 bits per heavy atom. The van der Waals surface area contributed by atoms with E-state index in [-0.39, 0.29) is 11.7 Å². The van der Waals surface area contributed by atoms with Crippen LogP contribution in [0.4, 0.5) is 4.39 Å². The van der Waals surface area contributed by atoms with E-state index in [1.165, 1.54) is 17.7 Å². The summed E-state index contributed by atoms with van der Waals surface area (Å²) in [4.78, 5) is 4.43. The molecule has 3 rings (SSSR count). The Hall–Kier alpha value is -1.26. The van der Waals surface area contributed by atoms with Crippen molar-refractivity contribution in [3.63, 3.8) is 0 Å². The van der Waals surface area contributed by atoms with Crippen LogP contribution in [0.2, 0.25) is 0 Å². The van der Waals surface area contributed by atoms with Crippen molar-refractivity contribution in [3.8, 4) is 0 Å². The first-order valence-corrected chi connectivity index (χ1v) is 7.53. The minimum absolute atomic E-state index is 0.0713. The molecule has 2 aromatic rings. The SMILES string of the molecule is OC(c1cc(F)ccc1Br)C1CCCc2cccnc21. The van der Waals surface area contributed by atoms with Gasteiger partial charge in [-0.2, -0.15) is 0 Å². The van der Waals surface area contributed by atoms with E-state index in [1.807, 2.05) is 6.07 Å². The van der Waals surface area contributed by atoms with Gasteiger partial charge in [-0.25, -0.2) is 4.39 Å². The molecule has 0 saturated carbocycles. The Balaban J connectivity index is 1.99. The molecule has 1 aliphatic rings. The molecule has 2 atom stereocenters. The third kappa shape index (κ3) is 2.50. The van der Waals surface area contributed by atoms with Gasteiger partial charge in [0.25, 0.3) is 0 Å². The number of aryl methyl sites for hydroxylation is 1. The predicted molar refractivity (Wildman–Crippen MR) is 79.0 cm³/mol. The highest BCUT2D eigenvalue weighted by Crippen LogP contribution is 2.41. The van der Waals surface area contributed by atoms with Crippen LogP contribution in [0.3, 0.4) is 0 Å². The van der Waals surface area contributed by atoms with E-state index in [0.29, 0.717) is 5.56 Å². The predicted octanol–water partition coefficient (Wildman–Crippen LogP) is 4.14. The Morgan fingerprint density at radius 3 is 3.05 bits per heavy atom. The third-order valence-electron chi connectivity index (χ3n) is 3.90. The second-order valence-corrected chi connectivity index (χ2v) is 6.01. The van der Waals surface area contributed by atoms with Crippen molar-refractivity contribution in [3.05, 3.63) is 63.6 Å². The van der Waals surface area contributed by atoms with Crippen molar-refractivity contribution in [1.82, 2.24) is 4.98 Å². The second-order valence-electron chi connectivity index (χ2n) is 5.16. The van der Waals surface area contributed by atoms with Gasteiger partial charge in [-0.15, -0.1) is 0 Å². The highest BCUT2D eigenvalue weighted by molar-refractivity contribution is 9.10. The highest BCUT2D eigenvalue weighted by Gasteiger charge is 2.30. The van der Waals surface area contributed by atoms with Crippen molar-refractivity contribution in [2.45, 2.75) is 31.3 Å². The summed E-state index contributed by atoms with van der Waals surface area (Å²) in [6.07, 6.45) is 3.90. The van der Waals surface area contributed by atoms with Crippen LogP contribution in [0.1, 0.15) is 41.7 Å². The van der Waals surface area contributed by atoms with Crippen LogP contribution >= 0.6 is 15.9 Å². The maximum atomic E-state index is 13.4. The van der Waals surface area contributed by atoms with Gasteiger partial charge in [0.1, 0.15) is 5.82 Å². The molecule has 1 heterocycles. The highest BCUT2D eigenvalue weighted by atomic mass is 79.9. The first kappa shape index (κ1) is 13.7. The molecule has 2 nitrogen and oxygen atoms in total. The standard InChI is InChI=1S/C16H15BrFNO/c17-14-7-6-11(18)9-13(14)16(20)12-5-1-3-10-4-2-8-19-15(10)12/h2,4,6-9,12,16,20H,1,3,5H2. The lowest BCUT2D eigenvalue weighted by molar-refractivity contribution is 0.133. The van der Waals surface area contributed by atoms with Crippen LogP contribution in [-0.2, 0) is 6.42 Å². The van der Waals surface area contributed by atoms with E-state index in [4.69, 9.17) is 0 Å². The van der Waals surface area contributed by atoms with Crippen LogP contribution in [0.25, 0.3) is 0 Å². The third-order valence-corrected chi connectivity index (χ3v) is 4.62. The van der Waals surface area contributed by atoms with Gasteiger partial charge < -0.3 is 5.11 Å². The van der Waals surface area contributed by atoms with Crippen molar-refractivity contribution in [1.29, 1.82) is 0 Å². The van der Waals surface area contributed by atoms with Gasteiger partial charge in [-0.1, -0.05) is 22.0 Å². The van der Waals surface area contributed by atoms with Crippen LogP contribution in [-0.4, -0.2) is 10.1 Å². The summed E-state index contributed by atoms with van der Waals surface area (Å²) in [5.41, 5.74) is 2.73. The summed E-state index contributed by atoms with van der Waals surface area (Å²) in [6, 6.07) is 8.39. The van der Waals surface area contributed by atoms with Crippen LogP contribution in [0.5, 0.6) is 0 Å². The molecule has 0 amide bonds. The molecule has 1 aliphatic carbocycles. The quantitative estimate of drug-likeness (QED) is 0.894. The maximum absolute atomic E-state index is 13.4. The summed E-state index contributed by atoms with van der Waals surface area (Å²) in [6.45, 7) is 0. The Morgan fingerprint density at radius 2 is 2.20 bits per heavy atom. The van der Waals surface area contributed by atoms with Crippen LogP contribution < -0.4 is 0 Å². The van der Waals surface area contributed by atoms with Gasteiger partial charge >= 0.3 is 0 Å². The summed E-state index contributed by atoms with van der Waals surface area (Å²) in [7, 11) is 0. The zero-order valence-corrected chi connectivity index (χ0v) is 12.5. The molecule has 2 unspecified atom stereocenters. The molecule has 0 spiro atoms. The first-order valence-electron chi connectivity index (χ1n) is 6.73. The molecule has 20 heavy (non-hydrogen) atoms. The number of fused-ring (bicyclic) bond motifs is 1. The number of pyridine rings is 1. The van der Waals surface area contributed by atoms with Gasteiger partial charge in [0.15, 0.2) is 0 Å². The lowest BCUT2D eigenvalue weighted by atomic mass is 9.81. The number of hydrogen-bond acceptors (Lipinski definition) is 2. The van der Waals surface area contributed by atoms with E-state index in [2.05, 4.69) is 27.0 Å². The molecule has 104 valence electrons. The Bertz CT molecular complexity index is 632. The van der Waals surface area contributed by atoms with Gasteiger partial charge in [0, 0.05) is 22.3 Å². The minimum Gasteiger partial charge on any atom is -0.388 e. The summed E-state index contributed by atoms with van der Waals surface area (Å²) in [5.74, 6) is -0.405. The molecule has 0 radical (unpaired) electrons. The van der Waals surface area contributed by atoms with E-state index >= 15 is 0 Å². The summed E-state index contributed by atoms with van der Waals surface area (Å²) < 4.78 is 14.2. The monoisotopic (exact) mass is 335 g/mol. The molecule has 0 bridgehead atoms. The average Bonchev–Trinajstić information content (AvgIpc) is 2.48. The fourth-order valence-electron chi connectivity index (χ4n) is 2.91. The van der Waals surface area contributed by atoms with E-state index in [1.54, 1.807) is 12.3 Å². The fraction of sp³-hybridized carbons (Fsp3) is 0.312. The number of aliphatic hydroxyl groups excluding tert-OH is 1. The number of benzene rings is 1. The van der Waals surface area contributed by atoms with E-state index in [0.717, 1.165) is 29.4 Å². The molecule has 4 heteroatoms. The first-order chi connectivity index (χ1) is 9.66. The van der Waals surface area contributed by atoms with Crippen molar-refractivity contribution in [2.24, 2.45) is 0 Å². The maximum Gasteiger partial charge on any atom is 0.123 e. The average molecular weight is 336 g/mol. The molecule has 0 aliphatic heterocycles. The lowest BCUT2D eigenvalue weighted by Gasteiger charge is -2.29. The van der Waals surface area contributed by atoms with Crippen molar-refractivity contribution in [2.75, 3.05) is 0 Å². The molecule has 1 N–H and O–H groups in total. The second kappa shape index (κ2) is 5.62. The zero-order chi connectivity index (χ0) is 14.1. The Labute approximate surface area is 125 Å². The van der Waals surface area contributed by atoms with Gasteiger partial charge in [-0.3, -0.25) is 4.98 Å². The smallest absolute Gasteiger partial charge is 0.123 e. The molecular weight excluding hydrogens is 321 g/mol. The van der Waals surface area contributed by atoms with Crippen molar-refractivity contribution < 1.29 is 9.50 Å². The van der Waals surface area contributed by atoms with Crippen LogP contribution in [0, 0.1) is 5.82 Å². The van der Waals surface area contributed by atoms with Gasteiger partial charge in [-0.05, 0) is 54.7 Å².